The third kappa shape index (κ3) is 39.8. The third-order valence-corrected chi connectivity index (χ3v) is 9.94. The monoisotopic (exact) mass is 824 g/mol. The number of esters is 2. The summed E-state index contributed by atoms with van der Waals surface area (Å²) in [6.45, 7) is 2.71. The zero-order valence-corrected chi connectivity index (χ0v) is 36.3. The molecule has 0 heterocycles. The Balaban J connectivity index is 4.44. The Morgan fingerprint density at radius 2 is 0.930 bits per heavy atom. The highest BCUT2D eigenvalue weighted by molar-refractivity contribution is 7.47. The van der Waals surface area contributed by atoms with E-state index in [9.17, 15) is 23.8 Å². The van der Waals surface area contributed by atoms with Crippen LogP contribution in [-0.2, 0) is 37.5 Å². The van der Waals surface area contributed by atoms with Crippen molar-refractivity contribution >= 4 is 25.7 Å². The van der Waals surface area contributed by atoms with Gasteiger partial charge in [-0.3, -0.25) is 23.4 Å². The molecule has 0 amide bonds. The number of carboxylic acid groups (broad SMARTS) is 1. The second-order valence-corrected chi connectivity index (χ2v) is 15.9. The highest BCUT2D eigenvalue weighted by atomic mass is 31.2. The number of unbranched alkanes of at least 4 members (excludes halogenated alkanes) is 16. The lowest BCUT2D eigenvalue weighted by molar-refractivity contribution is -0.161. The smallest absolute Gasteiger partial charge is 0.472 e. The first-order valence-corrected chi connectivity index (χ1v) is 23.3. The number of carbonyl (C=O) groups is 3. The van der Waals surface area contributed by atoms with Gasteiger partial charge in [0.15, 0.2) is 6.10 Å². The molecule has 0 saturated heterocycles. The minimum atomic E-state index is -4.73. The summed E-state index contributed by atoms with van der Waals surface area (Å²) in [7, 11) is -4.73. The van der Waals surface area contributed by atoms with Gasteiger partial charge in [-0.2, -0.15) is 0 Å². The Hall–Kier alpha value is -2.82. The lowest BCUT2D eigenvalue weighted by Crippen LogP contribution is -2.34. The third-order valence-electron chi connectivity index (χ3n) is 8.99. The summed E-state index contributed by atoms with van der Waals surface area (Å²) in [5, 5.41) is 8.88. The van der Waals surface area contributed by atoms with Crippen molar-refractivity contribution in [1.82, 2.24) is 0 Å². The predicted molar refractivity (Wildman–Crippen MR) is 231 cm³/mol. The lowest BCUT2D eigenvalue weighted by atomic mass is 10.1. The van der Waals surface area contributed by atoms with Gasteiger partial charge in [-0.15, -0.1) is 0 Å². The first-order chi connectivity index (χ1) is 27.6. The maximum Gasteiger partial charge on any atom is 0.472 e. The largest absolute Gasteiger partial charge is 0.480 e. The number of carbonyl (C=O) groups excluding carboxylic acids is 2. The molecule has 0 spiro atoms. The fourth-order valence-corrected chi connectivity index (χ4v) is 6.29. The molecular weight excluding hydrogens is 745 g/mol. The number of rotatable bonds is 40. The van der Waals surface area contributed by atoms with E-state index in [1.54, 1.807) is 0 Å². The van der Waals surface area contributed by atoms with Crippen molar-refractivity contribution in [1.29, 1.82) is 0 Å². The predicted octanol–water partition coefficient (Wildman–Crippen LogP) is 11.6. The van der Waals surface area contributed by atoms with E-state index in [1.165, 1.54) is 57.8 Å². The van der Waals surface area contributed by atoms with Gasteiger partial charge in [0.05, 0.1) is 13.2 Å². The van der Waals surface area contributed by atoms with Crippen molar-refractivity contribution < 1.29 is 47.5 Å². The molecule has 0 rings (SSSR count). The van der Waals surface area contributed by atoms with Crippen LogP contribution < -0.4 is 5.73 Å². The van der Waals surface area contributed by atoms with Crippen LogP contribution in [0.15, 0.2) is 60.8 Å². The fourth-order valence-electron chi connectivity index (χ4n) is 5.51. The van der Waals surface area contributed by atoms with Gasteiger partial charge in [0.25, 0.3) is 0 Å². The van der Waals surface area contributed by atoms with Crippen molar-refractivity contribution in [2.45, 2.75) is 187 Å². The molecule has 0 aliphatic rings. The van der Waals surface area contributed by atoms with Crippen LogP contribution in [-0.4, -0.2) is 59.9 Å². The van der Waals surface area contributed by atoms with E-state index in [1.807, 2.05) is 0 Å². The maximum absolute atomic E-state index is 12.6. The maximum atomic E-state index is 12.6. The number of carboxylic acids is 1. The van der Waals surface area contributed by atoms with E-state index < -0.39 is 51.1 Å². The zero-order valence-electron chi connectivity index (χ0n) is 35.4. The molecule has 0 radical (unpaired) electrons. The highest BCUT2D eigenvalue weighted by Gasteiger charge is 2.28. The number of phosphoric acid groups is 1. The molecule has 0 saturated carbocycles. The number of aliphatic carboxylic acids is 1. The number of hydrogen-bond donors (Lipinski definition) is 3. The second-order valence-electron chi connectivity index (χ2n) is 14.5. The molecule has 4 N–H and O–H groups in total. The van der Waals surface area contributed by atoms with Gasteiger partial charge in [-0.25, -0.2) is 4.57 Å². The molecule has 0 aromatic rings. The molecule has 0 bridgehead atoms. The molecule has 328 valence electrons. The Morgan fingerprint density at radius 3 is 1.46 bits per heavy atom. The molecule has 0 aromatic carbocycles. The molecule has 12 heteroatoms. The molecule has 0 aromatic heterocycles. The summed E-state index contributed by atoms with van der Waals surface area (Å²) in [6.07, 6.45) is 45.7. The molecule has 11 nitrogen and oxygen atoms in total. The van der Waals surface area contributed by atoms with Crippen LogP contribution in [0.4, 0.5) is 0 Å². The first kappa shape index (κ1) is 54.2. The van der Waals surface area contributed by atoms with Crippen molar-refractivity contribution in [3.05, 3.63) is 60.8 Å². The van der Waals surface area contributed by atoms with Crippen LogP contribution in [0.3, 0.4) is 0 Å². The lowest BCUT2D eigenvalue weighted by Gasteiger charge is -2.20. The average Bonchev–Trinajstić information content (AvgIpc) is 3.19. The van der Waals surface area contributed by atoms with Gasteiger partial charge >= 0.3 is 25.7 Å². The van der Waals surface area contributed by atoms with Gasteiger partial charge in [0.1, 0.15) is 12.6 Å². The van der Waals surface area contributed by atoms with E-state index in [0.29, 0.717) is 12.8 Å². The average molecular weight is 824 g/mol. The van der Waals surface area contributed by atoms with Gasteiger partial charge in [0.2, 0.25) is 0 Å². The Bertz CT molecular complexity index is 1200. The van der Waals surface area contributed by atoms with Gasteiger partial charge < -0.3 is 25.2 Å². The molecule has 1 unspecified atom stereocenters. The van der Waals surface area contributed by atoms with Crippen molar-refractivity contribution in [3.63, 3.8) is 0 Å². The van der Waals surface area contributed by atoms with Gasteiger partial charge in [0, 0.05) is 12.8 Å². The van der Waals surface area contributed by atoms with Crippen LogP contribution in [0.1, 0.15) is 174 Å². The normalized spacial score (nSPS) is 14.3. The zero-order chi connectivity index (χ0) is 42.1. The summed E-state index contributed by atoms with van der Waals surface area (Å²) in [6, 6.07) is -1.53. The van der Waals surface area contributed by atoms with E-state index in [0.717, 1.165) is 77.0 Å². The van der Waals surface area contributed by atoms with E-state index >= 15 is 0 Å². The Morgan fingerprint density at radius 1 is 0.544 bits per heavy atom. The molecule has 0 aliphatic heterocycles. The summed E-state index contributed by atoms with van der Waals surface area (Å²) >= 11 is 0. The minimum Gasteiger partial charge on any atom is -0.480 e. The van der Waals surface area contributed by atoms with Crippen LogP contribution >= 0.6 is 7.82 Å². The number of ether oxygens (including phenoxy) is 2. The summed E-state index contributed by atoms with van der Waals surface area (Å²) in [4.78, 5) is 45.9. The molecule has 0 aliphatic carbocycles. The Kier molecular flexibility index (Phi) is 38.0. The molecule has 57 heavy (non-hydrogen) atoms. The van der Waals surface area contributed by atoms with Crippen molar-refractivity contribution in [2.75, 3.05) is 19.8 Å². The molecule has 3 atom stereocenters. The number of allylic oxidation sites excluding steroid dienone is 10. The van der Waals surface area contributed by atoms with E-state index in [2.05, 4.69) is 79.1 Å². The van der Waals surface area contributed by atoms with Crippen LogP contribution in [0.2, 0.25) is 0 Å². The van der Waals surface area contributed by atoms with Crippen LogP contribution in [0.5, 0.6) is 0 Å². The first-order valence-electron chi connectivity index (χ1n) is 21.8. The number of phosphoric ester groups is 1. The van der Waals surface area contributed by atoms with Crippen LogP contribution in [0, 0.1) is 0 Å². The topological polar surface area (TPSA) is 172 Å². The number of nitrogens with two attached hydrogens (primary N) is 1. The van der Waals surface area contributed by atoms with Crippen LogP contribution in [0.25, 0.3) is 0 Å². The molecular formula is C45H78NO10P. The minimum absolute atomic E-state index is 0.141. The van der Waals surface area contributed by atoms with E-state index in [4.69, 9.17) is 24.8 Å². The van der Waals surface area contributed by atoms with E-state index in [-0.39, 0.29) is 19.4 Å². The van der Waals surface area contributed by atoms with Gasteiger partial charge in [-0.1, -0.05) is 139 Å². The fraction of sp³-hybridized carbons (Fsp3) is 0.711. The quantitative estimate of drug-likeness (QED) is 0.0232. The van der Waals surface area contributed by atoms with Gasteiger partial charge in [-0.05, 0) is 83.5 Å². The highest BCUT2D eigenvalue weighted by Crippen LogP contribution is 2.43. The summed E-state index contributed by atoms with van der Waals surface area (Å²) in [5.74, 6) is -2.43. The SMILES string of the molecule is CCCCC/C=C\C/C=C\C/C=C\C/C=C\CCCCCC(=O)OC[C@H](COP(=O)(O)OC[C@H](N)C(=O)O)OC(=O)CCCCCCC/C=C\CCCCCCC. The van der Waals surface area contributed by atoms with Crippen molar-refractivity contribution in [2.24, 2.45) is 5.73 Å². The number of hydrogen-bond acceptors (Lipinski definition) is 9. The second kappa shape index (κ2) is 40.0. The summed E-state index contributed by atoms with van der Waals surface area (Å²) in [5.41, 5.74) is 5.33. The standard InChI is InChI=1S/C45H78NO10P/c1-3-5-7-9-11-13-15-17-19-20-21-22-23-25-26-28-30-32-34-36-43(47)53-38-41(39-54-57(51,52)55-40-42(46)45(49)50)56-44(48)37-35-33-31-29-27-24-18-16-14-12-10-8-6-4-2/h11,13,16-19,21-22,25-26,41-42H,3-10,12,14-15,20,23-24,27-40,46H2,1-2H3,(H,49,50)(H,51,52)/b13-11-,18-16-,19-17-,22-21-,26-25-/t41-,42+/m1/s1. The Labute approximate surface area is 345 Å². The van der Waals surface area contributed by atoms with Crippen molar-refractivity contribution in [3.8, 4) is 0 Å². The molecule has 0 fully saturated rings. The summed E-state index contributed by atoms with van der Waals surface area (Å²) < 4.78 is 32.6.